The Labute approximate surface area is 140 Å². The number of hydrogen-bond acceptors (Lipinski definition) is 5. The van der Waals surface area contributed by atoms with E-state index in [1.165, 1.54) is 14.1 Å². The van der Waals surface area contributed by atoms with Gasteiger partial charge in [-0.2, -0.15) is 0 Å². The van der Waals surface area contributed by atoms with Gasteiger partial charge in [0, 0.05) is 13.5 Å². The molecule has 3 amide bonds. The highest BCUT2D eigenvalue weighted by atomic mass is 16.2. The average molecular weight is 333 g/mol. The third-order valence-corrected chi connectivity index (χ3v) is 2.38. The highest BCUT2D eigenvalue weighted by Crippen LogP contribution is 2.05. The van der Waals surface area contributed by atoms with Gasteiger partial charge in [0.15, 0.2) is 0 Å². The molecule has 23 heavy (non-hydrogen) atoms. The normalized spacial score (nSPS) is 10.3. The van der Waals surface area contributed by atoms with E-state index in [0.29, 0.717) is 12.8 Å². The molecule has 0 bridgehead atoms. The molecule has 0 aromatic heterocycles. The fraction of sp³-hybridized carbons (Fsp3) is 0.800. The van der Waals surface area contributed by atoms with E-state index in [1.807, 2.05) is 20.8 Å². The van der Waals surface area contributed by atoms with Crippen LogP contribution >= 0.6 is 0 Å². The summed E-state index contributed by atoms with van der Waals surface area (Å²) in [5.41, 5.74) is 9.35. The van der Waals surface area contributed by atoms with Gasteiger partial charge in [0.2, 0.25) is 17.7 Å². The zero-order chi connectivity index (χ0) is 18.8. The van der Waals surface area contributed by atoms with Gasteiger partial charge in [0.05, 0.1) is 6.54 Å². The number of likely N-dealkylation sites (N-methyl/N-ethyl adjacent to an activating group) is 1. The molecule has 0 saturated heterocycles. The third-order valence-electron chi connectivity index (χ3n) is 2.38. The van der Waals surface area contributed by atoms with Crippen molar-refractivity contribution in [1.29, 1.82) is 0 Å². The minimum atomic E-state index is -0.581. The van der Waals surface area contributed by atoms with Crippen molar-refractivity contribution < 1.29 is 14.4 Å². The van der Waals surface area contributed by atoms with Gasteiger partial charge >= 0.3 is 0 Å². The van der Waals surface area contributed by atoms with E-state index in [9.17, 15) is 14.4 Å². The molecule has 8 heteroatoms. The fourth-order valence-electron chi connectivity index (χ4n) is 1.38. The SMILES string of the molecule is CCC(=O)NC(CC(C)C)C(=O)NCC(=O)NC.CCN.CN. The van der Waals surface area contributed by atoms with Gasteiger partial charge in [0.25, 0.3) is 0 Å². The Bertz CT molecular complexity index is 322. The molecular weight excluding hydrogens is 298 g/mol. The minimum Gasteiger partial charge on any atom is -0.358 e. The molecule has 0 radical (unpaired) electrons. The maximum Gasteiger partial charge on any atom is 0.243 e. The second-order valence-electron chi connectivity index (χ2n) is 4.90. The van der Waals surface area contributed by atoms with Gasteiger partial charge in [-0.25, -0.2) is 0 Å². The van der Waals surface area contributed by atoms with Crippen molar-refractivity contribution in [2.45, 2.75) is 46.6 Å². The van der Waals surface area contributed by atoms with E-state index in [2.05, 4.69) is 21.7 Å². The Balaban J connectivity index is -0.000000710. The van der Waals surface area contributed by atoms with Crippen molar-refractivity contribution in [3.05, 3.63) is 0 Å². The standard InChI is InChI=1S/C12H23N3O3.C2H7N.CH5N/c1-5-10(16)15-9(6-8(2)3)12(18)14-7-11(17)13-4;1-2-3;1-2/h8-9H,5-7H2,1-4H3,(H,13,17)(H,14,18)(H,15,16);2-3H2,1H3;2H2,1H3. The van der Waals surface area contributed by atoms with Crippen LogP contribution in [0.15, 0.2) is 0 Å². The lowest BCUT2D eigenvalue weighted by Gasteiger charge is -2.19. The molecule has 0 rings (SSSR count). The van der Waals surface area contributed by atoms with Crippen LogP contribution in [0.5, 0.6) is 0 Å². The molecule has 0 spiro atoms. The van der Waals surface area contributed by atoms with Crippen molar-refractivity contribution in [2.75, 3.05) is 27.2 Å². The van der Waals surface area contributed by atoms with Crippen LogP contribution in [0.25, 0.3) is 0 Å². The van der Waals surface area contributed by atoms with E-state index in [0.717, 1.165) is 6.54 Å². The summed E-state index contributed by atoms with van der Waals surface area (Å²) in [4.78, 5) is 34.2. The molecule has 8 nitrogen and oxygen atoms in total. The first-order valence-electron chi connectivity index (χ1n) is 7.87. The van der Waals surface area contributed by atoms with Crippen LogP contribution in [-0.4, -0.2) is 50.9 Å². The number of hydrogen-bond donors (Lipinski definition) is 5. The number of carbonyl (C=O) groups is 3. The Morgan fingerprint density at radius 2 is 1.52 bits per heavy atom. The summed E-state index contributed by atoms with van der Waals surface area (Å²) in [7, 11) is 3.00. The smallest absolute Gasteiger partial charge is 0.243 e. The second kappa shape index (κ2) is 18.4. The largest absolute Gasteiger partial charge is 0.358 e. The lowest BCUT2D eigenvalue weighted by atomic mass is 10.0. The number of nitrogens with one attached hydrogen (secondary N) is 3. The van der Waals surface area contributed by atoms with Crippen LogP contribution in [0.4, 0.5) is 0 Å². The second-order valence-corrected chi connectivity index (χ2v) is 4.90. The van der Waals surface area contributed by atoms with Crippen molar-refractivity contribution in [3.8, 4) is 0 Å². The molecule has 1 unspecified atom stereocenters. The molecule has 0 saturated carbocycles. The van der Waals surface area contributed by atoms with Crippen molar-refractivity contribution >= 4 is 17.7 Å². The Morgan fingerprint density at radius 3 is 1.87 bits per heavy atom. The predicted molar refractivity (Wildman–Crippen MR) is 93.6 cm³/mol. The first-order chi connectivity index (χ1) is 10.8. The highest BCUT2D eigenvalue weighted by molar-refractivity contribution is 5.90. The van der Waals surface area contributed by atoms with Crippen molar-refractivity contribution in [2.24, 2.45) is 17.4 Å². The molecule has 1 atom stereocenters. The molecule has 0 aliphatic rings. The Hall–Kier alpha value is -1.67. The van der Waals surface area contributed by atoms with Gasteiger partial charge in [-0.15, -0.1) is 0 Å². The maximum atomic E-state index is 11.8. The summed E-state index contributed by atoms with van der Waals surface area (Å²) in [5, 5.41) is 7.57. The van der Waals surface area contributed by atoms with E-state index in [4.69, 9.17) is 5.73 Å². The Morgan fingerprint density at radius 1 is 1.04 bits per heavy atom. The monoisotopic (exact) mass is 333 g/mol. The summed E-state index contributed by atoms with van der Waals surface area (Å²) >= 11 is 0. The average Bonchev–Trinajstić information content (AvgIpc) is 2.53. The molecule has 0 aromatic carbocycles. The van der Waals surface area contributed by atoms with Crippen LogP contribution in [0.1, 0.15) is 40.5 Å². The summed E-state index contributed by atoms with van der Waals surface area (Å²) in [5.74, 6) is -0.490. The van der Waals surface area contributed by atoms with Gasteiger partial charge in [-0.3, -0.25) is 14.4 Å². The number of carbonyl (C=O) groups excluding carboxylic acids is 3. The number of amides is 3. The lowest BCUT2D eigenvalue weighted by molar-refractivity contribution is -0.130. The summed E-state index contributed by atoms with van der Waals surface area (Å²) in [6, 6.07) is -0.581. The van der Waals surface area contributed by atoms with E-state index in [1.54, 1.807) is 6.92 Å². The summed E-state index contributed by atoms with van der Waals surface area (Å²) in [6.07, 6.45) is 0.878. The predicted octanol–water partition coefficient (Wildman–Crippen LogP) is -0.671. The quantitative estimate of drug-likeness (QED) is 0.420. The molecule has 138 valence electrons. The molecule has 0 fully saturated rings. The van der Waals surface area contributed by atoms with Crippen LogP contribution in [-0.2, 0) is 14.4 Å². The minimum absolute atomic E-state index is 0.0775. The molecule has 0 aliphatic heterocycles. The molecule has 7 N–H and O–H groups in total. The third kappa shape index (κ3) is 18.3. The van der Waals surface area contributed by atoms with Crippen LogP contribution in [0.3, 0.4) is 0 Å². The van der Waals surface area contributed by atoms with E-state index < -0.39 is 6.04 Å². The molecule has 0 aliphatic carbocycles. The molecule has 0 heterocycles. The van der Waals surface area contributed by atoms with Gasteiger partial charge in [-0.1, -0.05) is 27.7 Å². The first-order valence-corrected chi connectivity index (χ1v) is 7.87. The number of nitrogens with two attached hydrogens (primary N) is 2. The molecular formula is C15H35N5O3. The summed E-state index contributed by atoms with van der Waals surface area (Å²) < 4.78 is 0. The van der Waals surface area contributed by atoms with E-state index >= 15 is 0 Å². The highest BCUT2D eigenvalue weighted by Gasteiger charge is 2.21. The van der Waals surface area contributed by atoms with Gasteiger partial charge in [0.1, 0.15) is 6.04 Å². The van der Waals surface area contributed by atoms with Gasteiger partial charge < -0.3 is 27.4 Å². The lowest BCUT2D eigenvalue weighted by Crippen LogP contribution is -2.49. The topological polar surface area (TPSA) is 139 Å². The fourth-order valence-corrected chi connectivity index (χ4v) is 1.38. The molecule has 0 aromatic rings. The van der Waals surface area contributed by atoms with Crippen molar-refractivity contribution in [1.82, 2.24) is 16.0 Å². The van der Waals surface area contributed by atoms with Crippen LogP contribution in [0.2, 0.25) is 0 Å². The van der Waals surface area contributed by atoms with Crippen LogP contribution in [0, 0.1) is 5.92 Å². The maximum absolute atomic E-state index is 11.8. The van der Waals surface area contributed by atoms with Crippen LogP contribution < -0.4 is 27.4 Å². The zero-order valence-corrected chi connectivity index (χ0v) is 15.4. The Kier molecular flexibility index (Phi) is 21.0. The zero-order valence-electron chi connectivity index (χ0n) is 15.4. The van der Waals surface area contributed by atoms with Gasteiger partial charge in [-0.05, 0) is 25.9 Å². The van der Waals surface area contributed by atoms with Crippen molar-refractivity contribution in [3.63, 3.8) is 0 Å². The number of rotatable bonds is 7. The summed E-state index contributed by atoms with van der Waals surface area (Å²) in [6.45, 7) is 8.24. The first kappa shape index (κ1) is 26.2. The van der Waals surface area contributed by atoms with E-state index in [-0.39, 0.29) is 30.2 Å².